The van der Waals surface area contributed by atoms with Gasteiger partial charge >= 0.3 is 0 Å². The molecule has 6 heteroatoms. The van der Waals surface area contributed by atoms with Gasteiger partial charge in [0, 0.05) is 12.7 Å². The lowest BCUT2D eigenvalue weighted by molar-refractivity contribution is 0.628. The summed E-state index contributed by atoms with van der Waals surface area (Å²) in [5.74, 6) is -0.417. The van der Waals surface area contributed by atoms with Crippen LogP contribution in [0.3, 0.4) is 0 Å². The van der Waals surface area contributed by atoms with E-state index >= 15 is 0 Å². The summed E-state index contributed by atoms with van der Waals surface area (Å²) in [5.41, 5.74) is 2.73. The van der Waals surface area contributed by atoms with Crippen molar-refractivity contribution >= 4 is 33.2 Å². The Labute approximate surface area is 118 Å². The van der Waals surface area contributed by atoms with Crippen molar-refractivity contribution in [1.82, 2.24) is 9.78 Å². The van der Waals surface area contributed by atoms with Crippen molar-refractivity contribution in [3.63, 3.8) is 0 Å². The van der Waals surface area contributed by atoms with Crippen LogP contribution < -0.4 is 5.32 Å². The summed E-state index contributed by atoms with van der Waals surface area (Å²) < 4.78 is 15.8. The van der Waals surface area contributed by atoms with Crippen molar-refractivity contribution in [2.45, 2.75) is 13.5 Å². The second-order valence-electron chi connectivity index (χ2n) is 3.95. The molecule has 0 aliphatic heterocycles. The van der Waals surface area contributed by atoms with E-state index in [0.29, 0.717) is 6.54 Å². The average Bonchev–Trinajstić information content (AvgIpc) is 2.56. The first-order valence-electron chi connectivity index (χ1n) is 5.36. The maximum absolute atomic E-state index is 13.0. The third kappa shape index (κ3) is 2.67. The Morgan fingerprint density at radius 1 is 1.50 bits per heavy atom. The van der Waals surface area contributed by atoms with Gasteiger partial charge in [0.2, 0.25) is 0 Å². The van der Waals surface area contributed by atoms with Gasteiger partial charge in [-0.1, -0.05) is 11.6 Å². The molecule has 0 aliphatic rings. The van der Waals surface area contributed by atoms with Crippen LogP contribution in [0, 0.1) is 12.7 Å². The van der Waals surface area contributed by atoms with Crippen molar-refractivity contribution in [1.29, 1.82) is 0 Å². The fourth-order valence-electron chi connectivity index (χ4n) is 1.66. The van der Waals surface area contributed by atoms with Gasteiger partial charge in [0.25, 0.3) is 0 Å². The van der Waals surface area contributed by atoms with Crippen molar-refractivity contribution in [3.8, 4) is 0 Å². The third-order valence-electron chi connectivity index (χ3n) is 2.64. The second kappa shape index (κ2) is 5.28. The number of aromatic nitrogens is 2. The molecule has 0 saturated heterocycles. The number of anilines is 1. The van der Waals surface area contributed by atoms with Gasteiger partial charge in [-0.15, -0.1) is 0 Å². The Kier molecular flexibility index (Phi) is 3.92. The van der Waals surface area contributed by atoms with Crippen LogP contribution in [0.5, 0.6) is 0 Å². The lowest BCUT2D eigenvalue weighted by Gasteiger charge is -2.08. The molecule has 1 aromatic heterocycles. The maximum atomic E-state index is 13.0. The average molecular weight is 333 g/mol. The molecule has 1 N–H and O–H groups in total. The standard InChI is InChI=1S/C12H12BrClFN3/c1-7-12(13)11(18(2)17-7)6-16-8-3-4-10(15)9(14)5-8/h3-5,16H,6H2,1-2H3. The number of nitrogens with zero attached hydrogens (tertiary/aromatic N) is 2. The number of hydrogen-bond acceptors (Lipinski definition) is 2. The fraction of sp³-hybridized carbons (Fsp3) is 0.250. The summed E-state index contributed by atoms with van der Waals surface area (Å²) in [4.78, 5) is 0. The molecular formula is C12H12BrClFN3. The molecule has 0 spiro atoms. The minimum atomic E-state index is -0.417. The van der Waals surface area contributed by atoms with Gasteiger partial charge in [-0.25, -0.2) is 4.39 Å². The molecule has 0 aliphatic carbocycles. The molecule has 2 aromatic rings. The number of benzene rings is 1. The predicted molar refractivity (Wildman–Crippen MR) is 74.4 cm³/mol. The molecule has 2 rings (SSSR count). The van der Waals surface area contributed by atoms with E-state index in [1.165, 1.54) is 6.07 Å². The Morgan fingerprint density at radius 2 is 2.22 bits per heavy atom. The van der Waals surface area contributed by atoms with Gasteiger partial charge in [-0.3, -0.25) is 4.68 Å². The summed E-state index contributed by atoms with van der Waals surface area (Å²) in [7, 11) is 1.88. The molecule has 0 amide bonds. The Hall–Kier alpha value is -1.07. The van der Waals surface area contributed by atoms with Crippen molar-refractivity contribution in [2.75, 3.05) is 5.32 Å². The normalized spacial score (nSPS) is 10.7. The molecule has 0 bridgehead atoms. The maximum Gasteiger partial charge on any atom is 0.141 e. The SMILES string of the molecule is Cc1nn(C)c(CNc2ccc(F)c(Cl)c2)c1Br. The molecule has 0 radical (unpaired) electrons. The minimum absolute atomic E-state index is 0.111. The molecule has 0 fully saturated rings. The number of aryl methyl sites for hydroxylation is 2. The van der Waals surface area contributed by atoms with Gasteiger partial charge < -0.3 is 5.32 Å². The number of halogens is 3. The van der Waals surface area contributed by atoms with Crippen LogP contribution in [0.15, 0.2) is 22.7 Å². The quantitative estimate of drug-likeness (QED) is 0.924. The van der Waals surface area contributed by atoms with Crippen LogP contribution in [0.4, 0.5) is 10.1 Å². The van der Waals surface area contributed by atoms with Gasteiger partial charge in [-0.2, -0.15) is 5.10 Å². The van der Waals surface area contributed by atoms with E-state index < -0.39 is 5.82 Å². The smallest absolute Gasteiger partial charge is 0.141 e. The first-order chi connectivity index (χ1) is 8.49. The van der Waals surface area contributed by atoms with E-state index in [4.69, 9.17) is 11.6 Å². The molecule has 3 nitrogen and oxygen atoms in total. The monoisotopic (exact) mass is 331 g/mol. The van der Waals surface area contributed by atoms with E-state index in [2.05, 4.69) is 26.3 Å². The van der Waals surface area contributed by atoms with Crippen LogP contribution in [0.25, 0.3) is 0 Å². The number of nitrogens with one attached hydrogen (secondary N) is 1. The van der Waals surface area contributed by atoms with Gasteiger partial charge in [0.15, 0.2) is 0 Å². The topological polar surface area (TPSA) is 29.9 Å². The highest BCUT2D eigenvalue weighted by Crippen LogP contribution is 2.23. The zero-order valence-electron chi connectivity index (χ0n) is 9.97. The lowest BCUT2D eigenvalue weighted by atomic mass is 10.3. The number of hydrogen-bond donors (Lipinski definition) is 1. The van der Waals surface area contributed by atoms with Crippen LogP contribution in [0.1, 0.15) is 11.4 Å². The zero-order chi connectivity index (χ0) is 13.3. The van der Waals surface area contributed by atoms with Crippen molar-refractivity contribution in [2.24, 2.45) is 7.05 Å². The van der Waals surface area contributed by atoms with E-state index in [1.54, 1.807) is 16.8 Å². The van der Waals surface area contributed by atoms with Gasteiger partial charge in [0.1, 0.15) is 5.82 Å². The highest BCUT2D eigenvalue weighted by atomic mass is 79.9. The van der Waals surface area contributed by atoms with Crippen molar-refractivity contribution in [3.05, 3.63) is 44.9 Å². The molecule has 96 valence electrons. The zero-order valence-corrected chi connectivity index (χ0v) is 12.3. The highest BCUT2D eigenvalue weighted by Gasteiger charge is 2.10. The molecule has 0 unspecified atom stereocenters. The summed E-state index contributed by atoms with van der Waals surface area (Å²) >= 11 is 9.21. The minimum Gasteiger partial charge on any atom is -0.379 e. The van der Waals surface area contributed by atoms with E-state index in [1.807, 2.05) is 14.0 Å². The number of rotatable bonds is 3. The summed E-state index contributed by atoms with van der Waals surface area (Å²) in [6, 6.07) is 4.56. The molecule has 1 heterocycles. The summed E-state index contributed by atoms with van der Waals surface area (Å²) in [5, 5.41) is 7.59. The molecule has 0 saturated carbocycles. The Balaban J connectivity index is 2.14. The van der Waals surface area contributed by atoms with Crippen LogP contribution in [0.2, 0.25) is 5.02 Å². The first-order valence-corrected chi connectivity index (χ1v) is 6.53. The fourth-order valence-corrected chi connectivity index (χ4v) is 2.32. The summed E-state index contributed by atoms with van der Waals surface area (Å²) in [6.45, 7) is 2.52. The van der Waals surface area contributed by atoms with Crippen LogP contribution in [-0.4, -0.2) is 9.78 Å². The van der Waals surface area contributed by atoms with Gasteiger partial charge in [-0.05, 0) is 41.1 Å². The molecule has 1 aromatic carbocycles. The van der Waals surface area contributed by atoms with Crippen LogP contribution >= 0.6 is 27.5 Å². The second-order valence-corrected chi connectivity index (χ2v) is 5.15. The highest BCUT2D eigenvalue weighted by molar-refractivity contribution is 9.10. The first kappa shape index (κ1) is 13.4. The Morgan fingerprint density at radius 3 is 2.78 bits per heavy atom. The Bertz CT molecular complexity index is 583. The van der Waals surface area contributed by atoms with Gasteiger partial charge in [0.05, 0.1) is 27.4 Å². The molecular weight excluding hydrogens is 321 g/mol. The van der Waals surface area contributed by atoms with Crippen LogP contribution in [-0.2, 0) is 13.6 Å². The largest absolute Gasteiger partial charge is 0.379 e. The predicted octanol–water partition coefficient (Wildman–Crippen LogP) is 3.90. The summed E-state index contributed by atoms with van der Waals surface area (Å²) in [6.07, 6.45) is 0. The third-order valence-corrected chi connectivity index (χ3v) is 3.96. The lowest BCUT2D eigenvalue weighted by Crippen LogP contribution is -2.06. The molecule has 18 heavy (non-hydrogen) atoms. The van der Waals surface area contributed by atoms with E-state index in [0.717, 1.165) is 21.5 Å². The van der Waals surface area contributed by atoms with E-state index in [-0.39, 0.29) is 5.02 Å². The van der Waals surface area contributed by atoms with Crippen molar-refractivity contribution < 1.29 is 4.39 Å². The molecule has 0 atom stereocenters. The van der Waals surface area contributed by atoms with E-state index in [9.17, 15) is 4.39 Å².